The van der Waals surface area contributed by atoms with E-state index in [0.717, 1.165) is 17.1 Å². The summed E-state index contributed by atoms with van der Waals surface area (Å²) in [5.74, 6) is 0.484. The van der Waals surface area contributed by atoms with Crippen molar-refractivity contribution in [2.75, 3.05) is 5.75 Å². The molecule has 2 amide bonds. The molecule has 0 aliphatic rings. The van der Waals surface area contributed by atoms with Gasteiger partial charge in [0.2, 0.25) is 11.8 Å². The van der Waals surface area contributed by atoms with Gasteiger partial charge in [0.1, 0.15) is 6.04 Å². The van der Waals surface area contributed by atoms with Crippen LogP contribution in [0.1, 0.15) is 45.6 Å². The van der Waals surface area contributed by atoms with Crippen molar-refractivity contribution in [1.29, 1.82) is 0 Å². The lowest BCUT2D eigenvalue weighted by Gasteiger charge is -2.30. The van der Waals surface area contributed by atoms with Crippen molar-refractivity contribution in [1.82, 2.24) is 10.2 Å². The van der Waals surface area contributed by atoms with E-state index in [1.165, 1.54) is 0 Å². The fraction of sp³-hybridized carbons (Fsp3) is 0.417. The number of nitrogens with one attached hydrogen (secondary N) is 1. The van der Waals surface area contributed by atoms with Crippen LogP contribution in [-0.2, 0) is 16.1 Å². The lowest BCUT2D eigenvalue weighted by Crippen LogP contribution is -2.49. The Balaban J connectivity index is 2.07. The molecule has 0 spiro atoms. The van der Waals surface area contributed by atoms with E-state index in [2.05, 4.69) is 5.32 Å². The maximum absolute atomic E-state index is 13.2. The second kappa shape index (κ2) is 13.3. The van der Waals surface area contributed by atoms with Crippen LogP contribution in [0.3, 0.4) is 0 Å². The molecule has 8 heteroatoms. The van der Waals surface area contributed by atoms with Gasteiger partial charge < -0.3 is 10.2 Å². The Morgan fingerprint density at radius 2 is 1.66 bits per heavy atom. The van der Waals surface area contributed by atoms with Crippen molar-refractivity contribution in [2.24, 2.45) is 0 Å². The zero-order chi connectivity index (χ0) is 23.7. The predicted molar refractivity (Wildman–Crippen MR) is 136 cm³/mol. The number of carbonyl (C=O) groups is 2. The largest absolute Gasteiger partial charge is 0.352 e. The summed E-state index contributed by atoms with van der Waals surface area (Å²) in [5, 5.41) is 4.61. The minimum absolute atomic E-state index is 0.0292. The minimum atomic E-state index is -0.646. The third-order valence-corrected chi connectivity index (χ3v) is 7.23. The Hall–Kier alpha value is -1.40. The molecule has 174 valence electrons. The topological polar surface area (TPSA) is 49.4 Å². The molecule has 2 rings (SSSR count). The highest BCUT2D eigenvalue weighted by Gasteiger charge is 2.27. The normalized spacial score (nSPS) is 12.8. The molecule has 4 nitrogen and oxygen atoms in total. The number of hydrogen-bond donors (Lipinski definition) is 1. The van der Waals surface area contributed by atoms with Crippen LogP contribution in [0.15, 0.2) is 47.4 Å². The average Bonchev–Trinajstić information content (AvgIpc) is 2.77. The summed E-state index contributed by atoms with van der Waals surface area (Å²) >= 11 is 20.3. The molecule has 1 N–H and O–H groups in total. The first kappa shape index (κ1) is 26.8. The monoisotopic (exact) mass is 514 g/mol. The van der Waals surface area contributed by atoms with E-state index < -0.39 is 6.04 Å². The van der Waals surface area contributed by atoms with Crippen molar-refractivity contribution < 1.29 is 9.59 Å². The van der Waals surface area contributed by atoms with Gasteiger partial charge in [-0.3, -0.25) is 9.59 Å². The molecule has 0 radical (unpaired) electrons. The van der Waals surface area contributed by atoms with Gasteiger partial charge in [0.05, 0.1) is 0 Å². The average molecular weight is 516 g/mol. The van der Waals surface area contributed by atoms with Crippen LogP contribution < -0.4 is 5.32 Å². The molecule has 0 aromatic heterocycles. The zero-order valence-corrected chi connectivity index (χ0v) is 21.6. The van der Waals surface area contributed by atoms with Gasteiger partial charge in [0.15, 0.2) is 0 Å². The maximum atomic E-state index is 13.2. The van der Waals surface area contributed by atoms with Crippen LogP contribution in [0.4, 0.5) is 0 Å². The summed E-state index contributed by atoms with van der Waals surface area (Å²) in [7, 11) is 0. The second-order valence-electron chi connectivity index (χ2n) is 7.62. The van der Waals surface area contributed by atoms with Crippen molar-refractivity contribution >= 4 is 58.4 Å². The van der Waals surface area contributed by atoms with Crippen LogP contribution in [0, 0.1) is 0 Å². The van der Waals surface area contributed by atoms with Gasteiger partial charge in [-0.1, -0.05) is 47.8 Å². The fourth-order valence-electron chi connectivity index (χ4n) is 2.99. The van der Waals surface area contributed by atoms with Gasteiger partial charge in [0.25, 0.3) is 0 Å². The van der Waals surface area contributed by atoms with Crippen molar-refractivity contribution in [3.8, 4) is 0 Å². The highest BCUT2D eigenvalue weighted by atomic mass is 35.5. The van der Waals surface area contributed by atoms with Gasteiger partial charge in [-0.2, -0.15) is 0 Å². The lowest BCUT2D eigenvalue weighted by molar-refractivity contribution is -0.140. The molecule has 32 heavy (non-hydrogen) atoms. The smallest absolute Gasteiger partial charge is 0.242 e. The first-order valence-corrected chi connectivity index (χ1v) is 12.8. The number of nitrogens with zero attached hydrogens (tertiary/aromatic N) is 1. The Morgan fingerprint density at radius 1 is 1.03 bits per heavy atom. The summed E-state index contributed by atoms with van der Waals surface area (Å²) < 4.78 is 0. The summed E-state index contributed by atoms with van der Waals surface area (Å²) in [6.07, 6.45) is 1.81. The Kier molecular flexibility index (Phi) is 11.2. The van der Waals surface area contributed by atoms with Gasteiger partial charge in [-0.25, -0.2) is 0 Å². The molecule has 0 saturated heterocycles. The van der Waals surface area contributed by atoms with Crippen LogP contribution >= 0.6 is 46.6 Å². The van der Waals surface area contributed by atoms with E-state index in [4.69, 9.17) is 34.8 Å². The maximum Gasteiger partial charge on any atom is 0.242 e. The van der Waals surface area contributed by atoms with Gasteiger partial charge in [-0.15, -0.1) is 11.8 Å². The molecule has 0 saturated carbocycles. The molecule has 2 aromatic carbocycles. The molecule has 0 aliphatic carbocycles. The summed E-state index contributed by atoms with van der Waals surface area (Å²) in [6, 6.07) is 12.2. The van der Waals surface area contributed by atoms with Gasteiger partial charge >= 0.3 is 0 Å². The molecule has 0 bridgehead atoms. The lowest BCUT2D eigenvalue weighted by atomic mass is 10.1. The number of benzene rings is 2. The number of rotatable bonds is 11. The molecule has 2 atom stereocenters. The molecule has 0 heterocycles. The van der Waals surface area contributed by atoms with E-state index in [0.29, 0.717) is 33.5 Å². The number of hydrogen-bond acceptors (Lipinski definition) is 3. The number of halogens is 3. The second-order valence-corrected chi connectivity index (χ2v) is 10.0. The number of thioether (sulfide) groups is 1. The predicted octanol–water partition coefficient (Wildman–Crippen LogP) is 6.85. The van der Waals surface area contributed by atoms with Gasteiger partial charge in [-0.05, 0) is 68.8 Å². The molecule has 0 aliphatic heterocycles. The van der Waals surface area contributed by atoms with E-state index >= 15 is 0 Å². The third-order valence-electron chi connectivity index (χ3n) is 5.18. The molecular formula is C24H29Cl3N2O2S. The highest BCUT2D eigenvalue weighted by Crippen LogP contribution is 2.27. The van der Waals surface area contributed by atoms with Crippen LogP contribution in [0.25, 0.3) is 0 Å². The molecule has 2 aromatic rings. The molecular weight excluding hydrogens is 487 g/mol. The first-order chi connectivity index (χ1) is 15.2. The van der Waals surface area contributed by atoms with E-state index in [-0.39, 0.29) is 24.4 Å². The summed E-state index contributed by atoms with van der Waals surface area (Å²) in [4.78, 5) is 28.6. The Morgan fingerprint density at radius 3 is 2.25 bits per heavy atom. The molecule has 0 unspecified atom stereocenters. The summed E-state index contributed by atoms with van der Waals surface area (Å²) in [6.45, 7) is 5.86. The SMILES string of the molecule is CC[C@@H](C)NC(=O)[C@H](C)N(Cc1c(Cl)cccc1Cl)C(=O)CCCSc1ccc(Cl)cc1. The van der Waals surface area contributed by atoms with E-state index in [9.17, 15) is 9.59 Å². The van der Waals surface area contributed by atoms with Gasteiger partial charge in [0, 0.05) is 44.5 Å². The number of carbonyl (C=O) groups excluding carboxylic acids is 2. The van der Waals surface area contributed by atoms with Crippen molar-refractivity contribution in [3.63, 3.8) is 0 Å². The summed E-state index contributed by atoms with van der Waals surface area (Å²) in [5.41, 5.74) is 0.642. The first-order valence-electron chi connectivity index (χ1n) is 10.6. The Labute approximate surface area is 210 Å². The van der Waals surface area contributed by atoms with Crippen molar-refractivity contribution in [2.45, 2.75) is 63.6 Å². The van der Waals surface area contributed by atoms with E-state index in [1.807, 2.05) is 38.1 Å². The highest BCUT2D eigenvalue weighted by molar-refractivity contribution is 7.99. The quantitative estimate of drug-likeness (QED) is 0.263. The Bertz CT molecular complexity index is 888. The zero-order valence-electron chi connectivity index (χ0n) is 18.5. The third kappa shape index (κ3) is 8.18. The van der Waals surface area contributed by atoms with Crippen LogP contribution in [0.5, 0.6) is 0 Å². The van der Waals surface area contributed by atoms with Crippen molar-refractivity contribution in [3.05, 3.63) is 63.1 Å². The van der Waals surface area contributed by atoms with E-state index in [1.54, 1.807) is 41.8 Å². The van der Waals surface area contributed by atoms with Crippen LogP contribution in [0.2, 0.25) is 15.1 Å². The molecule has 0 fully saturated rings. The standard InChI is InChI=1S/C24H29Cl3N2O2S/c1-4-16(2)28-24(31)17(3)29(15-20-21(26)7-5-8-22(20)27)23(30)9-6-14-32-19-12-10-18(25)11-13-19/h5,7-8,10-13,16-17H,4,6,9,14-15H2,1-3H3,(H,28,31)/t16-,17+/m1/s1. The number of amides is 2. The minimum Gasteiger partial charge on any atom is -0.352 e. The fourth-order valence-corrected chi connectivity index (χ4v) is 4.49. The van der Waals surface area contributed by atoms with Crippen LogP contribution in [-0.4, -0.2) is 34.6 Å².